The minimum Gasteiger partial charge on any atom is -0.395 e. The van der Waals surface area contributed by atoms with E-state index in [4.69, 9.17) is 5.73 Å². The molecule has 3 amide bonds. The molecular formula is C13H17N5O3. The number of nitrogens with two attached hydrogens (primary N) is 1. The van der Waals surface area contributed by atoms with Gasteiger partial charge in [0.2, 0.25) is 11.8 Å². The number of rotatable bonds is 3. The van der Waals surface area contributed by atoms with Gasteiger partial charge in [-0.15, -0.1) is 0 Å². The molecule has 3 rings (SSSR count). The third-order valence-corrected chi connectivity index (χ3v) is 3.92. The number of aromatic amines is 1. The topological polar surface area (TPSA) is 121 Å². The number of H-pyrrole nitrogens is 1. The molecule has 0 aromatic carbocycles. The van der Waals surface area contributed by atoms with E-state index >= 15 is 0 Å². The van der Waals surface area contributed by atoms with Gasteiger partial charge in [-0.2, -0.15) is 5.10 Å². The third-order valence-electron chi connectivity index (χ3n) is 3.92. The maximum absolute atomic E-state index is 12.6. The maximum Gasteiger partial charge on any atom is 0.277 e. The first-order chi connectivity index (χ1) is 10.0. The number of imide groups is 1. The van der Waals surface area contributed by atoms with Gasteiger partial charge in [0, 0.05) is 5.92 Å². The number of carbonyl (C=O) groups is 3. The number of carbonyl (C=O) groups excluding carboxylic acids is 3. The normalized spacial score (nSPS) is 22.3. The van der Waals surface area contributed by atoms with Crippen molar-refractivity contribution < 1.29 is 14.4 Å². The molecule has 1 aliphatic carbocycles. The molecule has 1 aromatic heterocycles. The summed E-state index contributed by atoms with van der Waals surface area (Å²) < 4.78 is 0. The van der Waals surface area contributed by atoms with Crippen LogP contribution in [0.3, 0.4) is 0 Å². The Morgan fingerprint density at radius 1 is 1.43 bits per heavy atom. The van der Waals surface area contributed by atoms with Crippen LogP contribution in [0.2, 0.25) is 0 Å². The Balaban J connectivity index is 1.89. The summed E-state index contributed by atoms with van der Waals surface area (Å²) in [6, 6.07) is -0.671. The van der Waals surface area contributed by atoms with E-state index in [2.05, 4.69) is 15.5 Å². The lowest BCUT2D eigenvalue weighted by Gasteiger charge is -2.32. The van der Waals surface area contributed by atoms with E-state index in [0.29, 0.717) is 18.0 Å². The fraction of sp³-hybridized carbons (Fsp3) is 0.538. The third kappa shape index (κ3) is 2.26. The van der Waals surface area contributed by atoms with Crippen molar-refractivity contribution in [2.24, 2.45) is 0 Å². The molecule has 1 saturated carbocycles. The molecule has 0 bridgehead atoms. The van der Waals surface area contributed by atoms with Gasteiger partial charge in [-0.05, 0) is 19.3 Å². The molecule has 21 heavy (non-hydrogen) atoms. The first-order valence-corrected chi connectivity index (χ1v) is 7.01. The molecule has 8 heteroatoms. The van der Waals surface area contributed by atoms with Crippen molar-refractivity contribution in [3.8, 4) is 0 Å². The molecule has 1 atom stereocenters. The Bertz CT molecular complexity index is 619. The maximum atomic E-state index is 12.6. The van der Waals surface area contributed by atoms with Gasteiger partial charge in [0.1, 0.15) is 12.6 Å². The van der Waals surface area contributed by atoms with E-state index in [9.17, 15) is 14.4 Å². The van der Waals surface area contributed by atoms with E-state index < -0.39 is 23.8 Å². The molecule has 2 fully saturated rings. The van der Waals surface area contributed by atoms with Gasteiger partial charge in [-0.1, -0.05) is 6.92 Å². The van der Waals surface area contributed by atoms with Crippen molar-refractivity contribution in [1.29, 1.82) is 0 Å². The summed E-state index contributed by atoms with van der Waals surface area (Å²) in [6.45, 7) is 1.62. The molecule has 2 heterocycles. The second-order valence-electron chi connectivity index (χ2n) is 5.44. The van der Waals surface area contributed by atoms with Crippen molar-refractivity contribution in [3.63, 3.8) is 0 Å². The lowest BCUT2D eigenvalue weighted by atomic mass is 10.1. The Kier molecular flexibility index (Phi) is 3.15. The summed E-state index contributed by atoms with van der Waals surface area (Å²) in [6.07, 6.45) is 2.48. The van der Waals surface area contributed by atoms with Gasteiger partial charge in [-0.3, -0.25) is 24.8 Å². The fourth-order valence-corrected chi connectivity index (χ4v) is 2.63. The Morgan fingerprint density at radius 2 is 2.14 bits per heavy atom. The summed E-state index contributed by atoms with van der Waals surface area (Å²) in [5.74, 6) is -1.09. The van der Waals surface area contributed by atoms with Crippen molar-refractivity contribution in [3.05, 3.63) is 11.4 Å². The molecule has 0 radical (unpaired) electrons. The number of nitrogens with one attached hydrogen (secondary N) is 2. The fourth-order valence-electron chi connectivity index (χ4n) is 2.63. The summed E-state index contributed by atoms with van der Waals surface area (Å²) in [7, 11) is 0. The standard InChI is InChI=1S/C13H17N5O3/c1-2-7-12(20)15-8(19)5-18(7)13(21)11-9(14)10(16-17-11)6-3-4-6/h6-7H,2-5,14H2,1H3,(H,16,17)(H,15,19,20). The van der Waals surface area contributed by atoms with Crippen LogP contribution in [0, 0.1) is 0 Å². The van der Waals surface area contributed by atoms with Gasteiger partial charge in [-0.25, -0.2) is 0 Å². The van der Waals surface area contributed by atoms with Crippen molar-refractivity contribution >= 4 is 23.4 Å². The van der Waals surface area contributed by atoms with Crippen LogP contribution < -0.4 is 11.1 Å². The number of amides is 3. The van der Waals surface area contributed by atoms with E-state index in [1.807, 2.05) is 0 Å². The molecule has 112 valence electrons. The van der Waals surface area contributed by atoms with E-state index in [0.717, 1.165) is 18.5 Å². The average Bonchev–Trinajstić information content (AvgIpc) is 3.20. The molecule has 2 aliphatic rings. The van der Waals surface area contributed by atoms with Crippen LogP contribution in [-0.4, -0.2) is 45.4 Å². The van der Waals surface area contributed by atoms with Gasteiger partial charge in [0.25, 0.3) is 5.91 Å². The summed E-state index contributed by atoms with van der Waals surface area (Å²) >= 11 is 0. The number of piperazine rings is 1. The molecular weight excluding hydrogens is 274 g/mol. The highest BCUT2D eigenvalue weighted by Crippen LogP contribution is 2.42. The van der Waals surface area contributed by atoms with Crippen LogP contribution in [0.4, 0.5) is 5.69 Å². The molecule has 0 spiro atoms. The number of anilines is 1. The predicted octanol–water partition coefficient (Wildman–Crippen LogP) is -0.253. The summed E-state index contributed by atoms with van der Waals surface area (Å²) in [4.78, 5) is 37.1. The lowest BCUT2D eigenvalue weighted by molar-refractivity contribution is -0.138. The number of nitrogens with zero attached hydrogens (tertiary/aromatic N) is 2. The Morgan fingerprint density at radius 3 is 2.76 bits per heavy atom. The van der Waals surface area contributed by atoms with Crippen LogP contribution in [0.15, 0.2) is 0 Å². The van der Waals surface area contributed by atoms with Gasteiger partial charge < -0.3 is 10.6 Å². The molecule has 1 aliphatic heterocycles. The zero-order chi connectivity index (χ0) is 15.1. The smallest absolute Gasteiger partial charge is 0.277 e. The van der Waals surface area contributed by atoms with E-state index in [-0.39, 0.29) is 12.2 Å². The van der Waals surface area contributed by atoms with Crippen LogP contribution in [0.1, 0.15) is 48.3 Å². The largest absolute Gasteiger partial charge is 0.395 e. The second kappa shape index (κ2) is 4.87. The van der Waals surface area contributed by atoms with Crippen LogP contribution in [0.5, 0.6) is 0 Å². The minimum absolute atomic E-state index is 0.0952. The molecule has 1 unspecified atom stereocenters. The van der Waals surface area contributed by atoms with Crippen molar-refractivity contribution in [1.82, 2.24) is 20.4 Å². The first kappa shape index (κ1) is 13.6. The Hall–Kier alpha value is -2.38. The van der Waals surface area contributed by atoms with Crippen LogP contribution in [-0.2, 0) is 9.59 Å². The van der Waals surface area contributed by atoms with Crippen LogP contribution in [0.25, 0.3) is 0 Å². The molecule has 1 aromatic rings. The highest BCUT2D eigenvalue weighted by molar-refractivity contribution is 6.08. The molecule has 8 nitrogen and oxygen atoms in total. The minimum atomic E-state index is -0.671. The quantitative estimate of drug-likeness (QED) is 0.663. The molecule has 4 N–H and O–H groups in total. The number of aromatic nitrogens is 2. The first-order valence-electron chi connectivity index (χ1n) is 7.01. The lowest BCUT2D eigenvalue weighted by Crippen LogP contribution is -2.59. The van der Waals surface area contributed by atoms with Gasteiger partial charge in [0.05, 0.1) is 11.4 Å². The number of hydrogen-bond acceptors (Lipinski definition) is 5. The van der Waals surface area contributed by atoms with Crippen molar-refractivity contribution in [2.45, 2.75) is 38.1 Å². The average molecular weight is 291 g/mol. The Labute approximate surface area is 121 Å². The van der Waals surface area contributed by atoms with Gasteiger partial charge >= 0.3 is 0 Å². The summed E-state index contributed by atoms with van der Waals surface area (Å²) in [5.41, 5.74) is 7.18. The van der Waals surface area contributed by atoms with E-state index in [1.54, 1.807) is 6.92 Å². The van der Waals surface area contributed by atoms with Crippen molar-refractivity contribution in [2.75, 3.05) is 12.3 Å². The van der Waals surface area contributed by atoms with Crippen LogP contribution >= 0.6 is 0 Å². The van der Waals surface area contributed by atoms with E-state index in [1.165, 1.54) is 4.90 Å². The highest BCUT2D eigenvalue weighted by Gasteiger charge is 2.38. The monoisotopic (exact) mass is 291 g/mol. The predicted molar refractivity (Wildman–Crippen MR) is 73.2 cm³/mol. The molecule has 1 saturated heterocycles. The zero-order valence-corrected chi connectivity index (χ0v) is 11.7. The summed E-state index contributed by atoms with van der Waals surface area (Å²) in [5, 5.41) is 9.02. The highest BCUT2D eigenvalue weighted by atomic mass is 16.2. The van der Waals surface area contributed by atoms with Gasteiger partial charge in [0.15, 0.2) is 5.69 Å². The zero-order valence-electron chi connectivity index (χ0n) is 11.7. The SMILES string of the molecule is CCC1C(=O)NC(=O)CN1C(=O)c1n[nH]c(C2CC2)c1N. The number of nitrogen functional groups attached to an aromatic ring is 1. The number of hydrogen-bond donors (Lipinski definition) is 3. The second-order valence-corrected chi connectivity index (χ2v) is 5.44.